The van der Waals surface area contributed by atoms with Crippen molar-refractivity contribution in [3.8, 4) is 0 Å². The monoisotopic (exact) mass is 437 g/mol. The van der Waals surface area contributed by atoms with Gasteiger partial charge in [0.05, 0.1) is 12.4 Å². The summed E-state index contributed by atoms with van der Waals surface area (Å²) in [6.45, 7) is 2.21. The molecule has 0 spiro atoms. The third-order valence-corrected chi connectivity index (χ3v) is 7.53. The van der Waals surface area contributed by atoms with Gasteiger partial charge in [-0.05, 0) is 42.1 Å². The second kappa shape index (κ2) is 6.15. The van der Waals surface area contributed by atoms with Gasteiger partial charge in [0.25, 0.3) is 5.65 Å². The van der Waals surface area contributed by atoms with Crippen LogP contribution in [0.2, 0.25) is 0 Å². The third kappa shape index (κ3) is 2.06. The molecule has 0 bridgehead atoms. The summed E-state index contributed by atoms with van der Waals surface area (Å²) in [5.74, 6) is 0. The second-order valence-corrected chi connectivity index (χ2v) is 9.31. The van der Waals surface area contributed by atoms with Crippen molar-refractivity contribution in [3.05, 3.63) is 96.6 Å². The van der Waals surface area contributed by atoms with E-state index in [-0.39, 0.29) is 0 Å². The molecular formula is C31H21N2O+. The van der Waals surface area contributed by atoms with Gasteiger partial charge in [-0.2, -0.15) is 4.40 Å². The number of aryl methyl sites for hydroxylation is 2. The first-order valence-electron chi connectivity index (χ1n) is 11.7. The Morgan fingerprint density at radius 1 is 0.647 bits per heavy atom. The number of rotatable bonds is 0. The zero-order chi connectivity index (χ0) is 22.6. The fraction of sp³-hybridized carbons (Fsp3) is 0.0645. The molecular weight excluding hydrogens is 416 g/mol. The first-order chi connectivity index (χ1) is 16.7. The lowest BCUT2D eigenvalue weighted by Gasteiger charge is -2.06. The molecule has 0 aliphatic rings. The van der Waals surface area contributed by atoms with Crippen LogP contribution in [0.3, 0.4) is 0 Å². The summed E-state index contributed by atoms with van der Waals surface area (Å²) in [7, 11) is 2.17. The highest BCUT2D eigenvalue weighted by molar-refractivity contribution is 6.21. The van der Waals surface area contributed by atoms with Gasteiger partial charge in [-0.15, -0.1) is 0 Å². The maximum absolute atomic E-state index is 6.76. The van der Waals surface area contributed by atoms with Crippen LogP contribution in [0.4, 0.5) is 0 Å². The van der Waals surface area contributed by atoms with Gasteiger partial charge in [0.15, 0.2) is 11.1 Å². The molecule has 0 fully saturated rings. The first kappa shape index (κ1) is 18.1. The van der Waals surface area contributed by atoms with Crippen LogP contribution in [-0.4, -0.2) is 4.40 Å². The fourth-order valence-corrected chi connectivity index (χ4v) is 6.00. The van der Waals surface area contributed by atoms with Gasteiger partial charge >= 0.3 is 0 Å². The summed E-state index contributed by atoms with van der Waals surface area (Å²) in [5, 5.41) is 8.49. The van der Waals surface area contributed by atoms with Crippen molar-refractivity contribution in [2.45, 2.75) is 6.92 Å². The van der Waals surface area contributed by atoms with Crippen LogP contribution in [-0.2, 0) is 7.05 Å². The van der Waals surface area contributed by atoms with Gasteiger partial charge in [-0.1, -0.05) is 66.7 Å². The maximum atomic E-state index is 6.76. The third-order valence-electron chi connectivity index (χ3n) is 7.53. The molecule has 0 aliphatic heterocycles. The molecule has 3 aromatic heterocycles. The molecule has 5 aromatic carbocycles. The SMILES string of the molecule is Cc1cccc2c3ccccc3n3c4c5oc6c7ccccc7ccc6c5ccc4[n+](C)c3c12. The zero-order valence-electron chi connectivity index (χ0n) is 19.0. The van der Waals surface area contributed by atoms with E-state index in [4.69, 9.17) is 4.42 Å². The average Bonchev–Trinajstić information content (AvgIpc) is 3.40. The van der Waals surface area contributed by atoms with Crippen molar-refractivity contribution in [2.24, 2.45) is 7.05 Å². The van der Waals surface area contributed by atoms with Crippen LogP contribution in [0, 0.1) is 6.92 Å². The maximum Gasteiger partial charge on any atom is 0.295 e. The highest BCUT2D eigenvalue weighted by atomic mass is 16.3. The number of benzene rings is 5. The highest BCUT2D eigenvalue weighted by Crippen LogP contribution is 2.39. The van der Waals surface area contributed by atoms with Gasteiger partial charge in [-0.25, -0.2) is 4.57 Å². The predicted octanol–water partition coefficient (Wildman–Crippen LogP) is 7.58. The van der Waals surface area contributed by atoms with E-state index in [1.54, 1.807) is 0 Å². The molecule has 160 valence electrons. The highest BCUT2D eigenvalue weighted by Gasteiger charge is 2.27. The Balaban J connectivity index is 1.73. The van der Waals surface area contributed by atoms with Crippen LogP contribution in [0.1, 0.15) is 5.56 Å². The number of fused-ring (bicyclic) bond motifs is 14. The molecule has 0 amide bonds. The predicted molar refractivity (Wildman–Crippen MR) is 141 cm³/mol. The average molecular weight is 438 g/mol. The van der Waals surface area contributed by atoms with Gasteiger partial charge in [0.1, 0.15) is 11.1 Å². The van der Waals surface area contributed by atoms with Gasteiger partial charge in [-0.3, -0.25) is 0 Å². The van der Waals surface area contributed by atoms with Crippen LogP contribution < -0.4 is 4.57 Å². The molecule has 34 heavy (non-hydrogen) atoms. The molecule has 0 aliphatic carbocycles. The molecule has 3 heteroatoms. The van der Waals surface area contributed by atoms with E-state index >= 15 is 0 Å². The molecule has 3 heterocycles. The minimum absolute atomic E-state index is 0.942. The lowest BCUT2D eigenvalue weighted by Crippen LogP contribution is -2.27. The minimum atomic E-state index is 0.942. The number of hydrogen-bond donors (Lipinski definition) is 0. The van der Waals surface area contributed by atoms with Crippen molar-refractivity contribution < 1.29 is 8.98 Å². The van der Waals surface area contributed by atoms with Crippen molar-refractivity contribution >= 4 is 71.1 Å². The van der Waals surface area contributed by atoms with E-state index in [0.29, 0.717) is 0 Å². The number of nitrogens with zero attached hydrogens (tertiary/aromatic N) is 2. The summed E-state index contributed by atoms with van der Waals surface area (Å²) in [6.07, 6.45) is 0. The van der Waals surface area contributed by atoms with E-state index < -0.39 is 0 Å². The summed E-state index contributed by atoms with van der Waals surface area (Å²) in [5.41, 5.74) is 7.85. The van der Waals surface area contributed by atoms with Crippen LogP contribution >= 0.6 is 0 Å². The Kier molecular flexibility index (Phi) is 3.27. The summed E-state index contributed by atoms with van der Waals surface area (Å²) in [6, 6.07) is 32.6. The smallest absolute Gasteiger partial charge is 0.295 e. The standard InChI is InChI=1S/C31H21N2O/c1-18-8-7-12-22-21-11-5-6-13-25(21)33-28-26(32(2)31(33)27(18)22)17-16-24-23-15-14-19-9-3-4-10-20(19)29(23)34-30(24)28/h3-17H,1-2H3/q+1. The fourth-order valence-electron chi connectivity index (χ4n) is 6.00. The van der Waals surface area contributed by atoms with Gasteiger partial charge in [0.2, 0.25) is 5.52 Å². The topological polar surface area (TPSA) is 21.4 Å². The Labute approximate surface area is 195 Å². The molecule has 0 radical (unpaired) electrons. The molecule has 0 saturated heterocycles. The molecule has 0 atom stereocenters. The van der Waals surface area contributed by atoms with Crippen LogP contribution in [0.5, 0.6) is 0 Å². The second-order valence-electron chi connectivity index (χ2n) is 9.31. The molecule has 8 rings (SSSR count). The number of para-hydroxylation sites is 1. The summed E-state index contributed by atoms with van der Waals surface area (Å²) < 4.78 is 11.5. The van der Waals surface area contributed by atoms with Crippen molar-refractivity contribution in [1.29, 1.82) is 0 Å². The van der Waals surface area contributed by atoms with E-state index in [1.165, 1.54) is 38.3 Å². The lowest BCUT2D eigenvalue weighted by molar-refractivity contribution is -0.617. The Bertz CT molecular complexity index is 2140. The van der Waals surface area contributed by atoms with E-state index in [1.807, 2.05) is 0 Å². The van der Waals surface area contributed by atoms with Gasteiger partial charge in [0, 0.05) is 26.9 Å². The molecule has 8 aromatic rings. The quantitative estimate of drug-likeness (QED) is 0.177. The van der Waals surface area contributed by atoms with E-state index in [9.17, 15) is 0 Å². The Hall–Kier alpha value is -4.37. The van der Waals surface area contributed by atoms with E-state index in [2.05, 4.69) is 114 Å². The largest absolute Gasteiger partial charge is 0.451 e. The van der Waals surface area contributed by atoms with Crippen molar-refractivity contribution in [3.63, 3.8) is 0 Å². The van der Waals surface area contributed by atoms with Crippen molar-refractivity contribution in [2.75, 3.05) is 0 Å². The molecule has 0 saturated carbocycles. The van der Waals surface area contributed by atoms with E-state index in [0.717, 1.165) is 38.4 Å². The molecule has 3 nitrogen and oxygen atoms in total. The van der Waals surface area contributed by atoms with Gasteiger partial charge < -0.3 is 4.42 Å². The minimum Gasteiger partial charge on any atom is -0.451 e. The molecule has 0 N–H and O–H groups in total. The first-order valence-corrected chi connectivity index (χ1v) is 11.7. The van der Waals surface area contributed by atoms with Crippen molar-refractivity contribution in [1.82, 2.24) is 4.40 Å². The number of furan rings is 1. The lowest BCUT2D eigenvalue weighted by atomic mass is 10.0. The number of imidazole rings is 1. The van der Waals surface area contributed by atoms with Crippen LogP contribution in [0.25, 0.3) is 71.1 Å². The zero-order valence-corrected chi connectivity index (χ0v) is 19.0. The Morgan fingerprint density at radius 2 is 1.38 bits per heavy atom. The van der Waals surface area contributed by atoms with Crippen LogP contribution in [0.15, 0.2) is 95.4 Å². The Morgan fingerprint density at radius 3 is 2.29 bits per heavy atom. The summed E-state index contributed by atoms with van der Waals surface area (Å²) >= 11 is 0. The number of aromatic nitrogens is 2. The summed E-state index contributed by atoms with van der Waals surface area (Å²) in [4.78, 5) is 0. The molecule has 0 unspecified atom stereocenters. The number of pyridine rings is 1. The number of hydrogen-bond acceptors (Lipinski definition) is 1. The normalized spacial score (nSPS) is 12.4.